The van der Waals surface area contributed by atoms with Crippen molar-refractivity contribution in [2.45, 2.75) is 148 Å². The number of carbonyl (C=O) groups is 1. The predicted molar refractivity (Wildman–Crippen MR) is 157 cm³/mol. The zero-order valence-electron chi connectivity index (χ0n) is 24.8. The van der Waals surface area contributed by atoms with E-state index in [9.17, 15) is 15.0 Å². The molecule has 6 heteroatoms. The summed E-state index contributed by atoms with van der Waals surface area (Å²) in [7, 11) is 0. The van der Waals surface area contributed by atoms with Crippen molar-refractivity contribution in [3.63, 3.8) is 0 Å². The van der Waals surface area contributed by atoms with Crippen molar-refractivity contribution in [2.24, 2.45) is 0 Å². The molecule has 0 heterocycles. The Bertz CT molecular complexity index is 464. The summed E-state index contributed by atoms with van der Waals surface area (Å²) < 4.78 is 5.81. The number of nitrogens with one attached hydrogen (secondary N) is 1. The molecule has 37 heavy (non-hydrogen) atoms. The second kappa shape index (κ2) is 29.9. The standard InChI is InChI=1S/C31H64N2O4/c1-3-5-7-9-11-13-14-16-18-22-31(36)32-23-20-24-33(28-30(35)29-34)25-21-27-37-26-19-17-15-12-10-8-6-4-2/h30,34-35H,3-29H2,1-2H3,(H,32,36). The van der Waals surface area contributed by atoms with Crippen molar-refractivity contribution in [3.8, 4) is 0 Å². The molecule has 0 aliphatic heterocycles. The lowest BCUT2D eigenvalue weighted by molar-refractivity contribution is -0.121. The van der Waals surface area contributed by atoms with Gasteiger partial charge in [0.25, 0.3) is 0 Å². The third-order valence-electron chi connectivity index (χ3n) is 7.07. The molecule has 1 atom stereocenters. The smallest absolute Gasteiger partial charge is 0.219 e. The Kier molecular flexibility index (Phi) is 29.3. The minimum Gasteiger partial charge on any atom is -0.394 e. The Morgan fingerprint density at radius 3 is 1.76 bits per heavy atom. The van der Waals surface area contributed by atoms with Gasteiger partial charge in [-0.2, -0.15) is 0 Å². The number of amides is 1. The molecule has 0 aromatic rings. The molecule has 0 aromatic carbocycles. The van der Waals surface area contributed by atoms with Crippen LogP contribution in [0.3, 0.4) is 0 Å². The molecule has 0 saturated heterocycles. The number of nitrogens with zero attached hydrogens (tertiary/aromatic N) is 1. The van der Waals surface area contributed by atoms with E-state index >= 15 is 0 Å². The second-order valence-electron chi connectivity index (χ2n) is 10.9. The van der Waals surface area contributed by atoms with Crippen molar-refractivity contribution >= 4 is 5.91 Å². The number of carbonyl (C=O) groups excluding carboxylic acids is 1. The fourth-order valence-electron chi connectivity index (χ4n) is 4.70. The van der Waals surface area contributed by atoms with Gasteiger partial charge in [-0.15, -0.1) is 0 Å². The van der Waals surface area contributed by atoms with E-state index in [1.54, 1.807) is 0 Å². The van der Waals surface area contributed by atoms with E-state index in [2.05, 4.69) is 24.1 Å². The van der Waals surface area contributed by atoms with Gasteiger partial charge in [0.05, 0.1) is 12.7 Å². The van der Waals surface area contributed by atoms with Crippen LogP contribution >= 0.6 is 0 Å². The van der Waals surface area contributed by atoms with E-state index in [-0.39, 0.29) is 12.5 Å². The van der Waals surface area contributed by atoms with Crippen LogP contribution in [0.4, 0.5) is 0 Å². The van der Waals surface area contributed by atoms with E-state index in [1.165, 1.54) is 89.9 Å². The number of hydrogen-bond acceptors (Lipinski definition) is 5. The summed E-state index contributed by atoms with van der Waals surface area (Å²) in [6.45, 7) is 8.61. The van der Waals surface area contributed by atoms with Crippen molar-refractivity contribution in [2.75, 3.05) is 46.0 Å². The van der Waals surface area contributed by atoms with Crippen LogP contribution in [-0.2, 0) is 9.53 Å². The van der Waals surface area contributed by atoms with E-state index in [0.29, 0.717) is 19.5 Å². The van der Waals surface area contributed by atoms with Crippen molar-refractivity contribution in [3.05, 3.63) is 0 Å². The molecule has 1 unspecified atom stereocenters. The van der Waals surface area contributed by atoms with Crippen LogP contribution < -0.4 is 5.32 Å². The lowest BCUT2D eigenvalue weighted by atomic mass is 10.1. The van der Waals surface area contributed by atoms with Crippen LogP contribution in [0, 0.1) is 0 Å². The van der Waals surface area contributed by atoms with Crippen LogP contribution in [-0.4, -0.2) is 73.1 Å². The molecule has 0 aliphatic carbocycles. The highest BCUT2D eigenvalue weighted by Crippen LogP contribution is 2.11. The van der Waals surface area contributed by atoms with Crippen molar-refractivity contribution in [1.29, 1.82) is 0 Å². The van der Waals surface area contributed by atoms with E-state index in [4.69, 9.17) is 4.74 Å². The van der Waals surface area contributed by atoms with E-state index < -0.39 is 6.10 Å². The van der Waals surface area contributed by atoms with Gasteiger partial charge in [-0.3, -0.25) is 4.79 Å². The third-order valence-corrected chi connectivity index (χ3v) is 7.07. The van der Waals surface area contributed by atoms with Gasteiger partial charge in [-0.1, -0.05) is 110 Å². The molecule has 6 nitrogen and oxygen atoms in total. The zero-order chi connectivity index (χ0) is 27.2. The molecule has 0 aromatic heterocycles. The zero-order valence-corrected chi connectivity index (χ0v) is 24.8. The first-order valence-electron chi connectivity index (χ1n) is 16.0. The molecule has 222 valence electrons. The quantitative estimate of drug-likeness (QED) is 0.0913. The fourth-order valence-corrected chi connectivity index (χ4v) is 4.70. The SMILES string of the molecule is CCCCCCCCCCCC(=O)NCCCN(CCCOCCCCCCCCCC)CC(O)CO. The highest BCUT2D eigenvalue weighted by atomic mass is 16.5. The minimum absolute atomic E-state index is 0.152. The number of hydrogen-bond donors (Lipinski definition) is 3. The summed E-state index contributed by atoms with van der Waals surface area (Å²) in [5.74, 6) is 0.152. The van der Waals surface area contributed by atoms with Gasteiger partial charge in [0.2, 0.25) is 5.91 Å². The molecule has 0 radical (unpaired) electrons. The first-order valence-corrected chi connectivity index (χ1v) is 16.0. The molecule has 1 amide bonds. The van der Waals surface area contributed by atoms with Crippen LogP contribution in [0.5, 0.6) is 0 Å². The predicted octanol–water partition coefficient (Wildman–Crippen LogP) is 6.62. The van der Waals surface area contributed by atoms with Crippen LogP contribution in [0.2, 0.25) is 0 Å². The summed E-state index contributed by atoms with van der Waals surface area (Å²) in [5, 5.41) is 22.2. The first kappa shape index (κ1) is 36.3. The maximum atomic E-state index is 12.1. The summed E-state index contributed by atoms with van der Waals surface area (Å²) in [4.78, 5) is 14.3. The number of rotatable bonds is 30. The maximum absolute atomic E-state index is 12.1. The molecule has 0 saturated carbocycles. The molecule has 0 bridgehead atoms. The molecule has 0 aliphatic rings. The van der Waals surface area contributed by atoms with Gasteiger partial charge < -0.3 is 25.2 Å². The lowest BCUT2D eigenvalue weighted by Gasteiger charge is -2.24. The van der Waals surface area contributed by atoms with Crippen molar-refractivity contribution < 1.29 is 19.7 Å². The average molecular weight is 529 g/mol. The monoisotopic (exact) mass is 528 g/mol. The van der Waals surface area contributed by atoms with E-state index in [0.717, 1.165) is 58.4 Å². The lowest BCUT2D eigenvalue weighted by Crippen LogP contribution is -2.37. The number of aliphatic hydroxyl groups excluding tert-OH is 2. The van der Waals surface area contributed by atoms with Crippen LogP contribution in [0.1, 0.15) is 142 Å². The number of ether oxygens (including phenoxy) is 1. The summed E-state index contributed by atoms with van der Waals surface area (Å²) in [5.41, 5.74) is 0. The minimum atomic E-state index is -0.723. The molecule has 0 rings (SSSR count). The normalized spacial score (nSPS) is 12.4. The van der Waals surface area contributed by atoms with Crippen LogP contribution in [0.15, 0.2) is 0 Å². The summed E-state index contributed by atoms with van der Waals surface area (Å²) in [6, 6.07) is 0. The number of unbranched alkanes of at least 4 members (excludes halogenated alkanes) is 15. The van der Waals surface area contributed by atoms with Gasteiger partial charge in [0.15, 0.2) is 0 Å². The fraction of sp³-hybridized carbons (Fsp3) is 0.968. The topological polar surface area (TPSA) is 82.0 Å². The number of aliphatic hydroxyl groups is 2. The third kappa shape index (κ3) is 28.1. The molecule has 0 spiro atoms. The van der Waals surface area contributed by atoms with Gasteiger partial charge in [-0.05, 0) is 32.2 Å². The van der Waals surface area contributed by atoms with Crippen LogP contribution in [0.25, 0.3) is 0 Å². The largest absolute Gasteiger partial charge is 0.394 e. The Labute approximate surface area is 230 Å². The molecule has 0 fully saturated rings. The Morgan fingerprint density at radius 1 is 0.703 bits per heavy atom. The van der Waals surface area contributed by atoms with Gasteiger partial charge in [-0.25, -0.2) is 0 Å². The van der Waals surface area contributed by atoms with Gasteiger partial charge >= 0.3 is 0 Å². The van der Waals surface area contributed by atoms with E-state index in [1.807, 2.05) is 0 Å². The highest BCUT2D eigenvalue weighted by Gasteiger charge is 2.11. The van der Waals surface area contributed by atoms with Crippen molar-refractivity contribution in [1.82, 2.24) is 10.2 Å². The maximum Gasteiger partial charge on any atom is 0.219 e. The van der Waals surface area contributed by atoms with Gasteiger partial charge in [0, 0.05) is 39.3 Å². The molecular weight excluding hydrogens is 464 g/mol. The Morgan fingerprint density at radius 2 is 1.19 bits per heavy atom. The average Bonchev–Trinajstić information content (AvgIpc) is 2.90. The second-order valence-corrected chi connectivity index (χ2v) is 10.9. The van der Waals surface area contributed by atoms with Gasteiger partial charge in [0.1, 0.15) is 0 Å². The summed E-state index contributed by atoms with van der Waals surface area (Å²) >= 11 is 0. The summed E-state index contributed by atoms with van der Waals surface area (Å²) in [6.07, 6.45) is 23.5. The molecular formula is C31H64N2O4. The Hall–Kier alpha value is -0.690. The molecule has 3 N–H and O–H groups in total. The highest BCUT2D eigenvalue weighted by molar-refractivity contribution is 5.75. The first-order chi connectivity index (χ1) is 18.1. The Balaban J connectivity index is 3.74.